The first kappa shape index (κ1) is 14.4. The topological polar surface area (TPSA) is 40.5 Å². The highest BCUT2D eigenvalue weighted by atomic mass is 35.5. The maximum absolute atomic E-state index is 10.8. The van der Waals surface area contributed by atoms with Crippen LogP contribution in [0.4, 0.5) is 0 Å². The Hall–Kier alpha value is -1.06. The van der Waals surface area contributed by atoms with Crippen molar-refractivity contribution in [3.63, 3.8) is 0 Å². The van der Waals surface area contributed by atoms with Crippen LogP contribution in [0.3, 0.4) is 0 Å². The summed E-state index contributed by atoms with van der Waals surface area (Å²) in [5, 5.41) is 9.65. The molecule has 1 unspecified atom stereocenters. The lowest BCUT2D eigenvalue weighted by molar-refractivity contribution is -0.137. The summed E-state index contributed by atoms with van der Waals surface area (Å²) in [6, 6.07) is 6.71. The lowest BCUT2D eigenvalue weighted by Crippen LogP contribution is -2.35. The number of carboxylic acids is 1. The van der Waals surface area contributed by atoms with E-state index < -0.39 is 5.97 Å². The van der Waals surface area contributed by atoms with Gasteiger partial charge in [0.2, 0.25) is 0 Å². The first-order chi connectivity index (χ1) is 8.99. The van der Waals surface area contributed by atoms with Crippen molar-refractivity contribution in [2.45, 2.75) is 45.2 Å². The van der Waals surface area contributed by atoms with E-state index in [0.717, 1.165) is 17.9 Å². The molecule has 0 aliphatic heterocycles. The first-order valence-electron chi connectivity index (χ1n) is 6.75. The Morgan fingerprint density at radius 1 is 1.53 bits per heavy atom. The van der Waals surface area contributed by atoms with E-state index in [1.165, 1.54) is 11.1 Å². The fraction of sp³-hybridized carbons (Fsp3) is 0.533. The molecule has 0 aromatic heterocycles. The van der Waals surface area contributed by atoms with Crippen LogP contribution in [0.1, 0.15) is 43.9 Å². The number of aliphatic carboxylic acids is 1. The molecular formula is C15H20ClNO2. The maximum Gasteiger partial charge on any atom is 0.304 e. The Morgan fingerprint density at radius 3 is 2.89 bits per heavy atom. The molecule has 1 atom stereocenters. The van der Waals surface area contributed by atoms with Crippen molar-refractivity contribution in [1.29, 1.82) is 0 Å². The van der Waals surface area contributed by atoms with Gasteiger partial charge in [-0.3, -0.25) is 9.69 Å². The van der Waals surface area contributed by atoms with Crippen molar-refractivity contribution in [3.8, 4) is 0 Å². The Morgan fingerprint density at radius 2 is 2.26 bits per heavy atom. The zero-order chi connectivity index (χ0) is 14.0. The summed E-state index contributed by atoms with van der Waals surface area (Å²) in [6.45, 7) is 4.84. The number of halogens is 1. The number of fused-ring (bicyclic) bond motifs is 1. The molecule has 0 saturated carbocycles. The van der Waals surface area contributed by atoms with Crippen molar-refractivity contribution in [2.75, 3.05) is 6.54 Å². The van der Waals surface area contributed by atoms with Gasteiger partial charge >= 0.3 is 5.97 Å². The van der Waals surface area contributed by atoms with E-state index in [0.29, 0.717) is 18.6 Å². The molecule has 0 spiro atoms. The fourth-order valence-corrected chi connectivity index (χ4v) is 3.10. The van der Waals surface area contributed by atoms with Crippen molar-refractivity contribution in [3.05, 3.63) is 34.3 Å². The van der Waals surface area contributed by atoms with Gasteiger partial charge < -0.3 is 5.11 Å². The quantitative estimate of drug-likeness (QED) is 0.898. The van der Waals surface area contributed by atoms with Crippen LogP contribution in [-0.4, -0.2) is 28.6 Å². The van der Waals surface area contributed by atoms with Crippen molar-refractivity contribution < 1.29 is 9.90 Å². The molecule has 1 aliphatic carbocycles. The van der Waals surface area contributed by atoms with Crippen LogP contribution in [0.25, 0.3) is 0 Å². The fourth-order valence-electron chi connectivity index (χ4n) is 2.91. The molecule has 3 nitrogen and oxygen atoms in total. The summed E-state index contributed by atoms with van der Waals surface area (Å²) in [4.78, 5) is 13.1. The lowest BCUT2D eigenvalue weighted by atomic mass is 10.1. The molecule has 2 rings (SSSR count). The van der Waals surface area contributed by atoms with Gasteiger partial charge in [-0.25, -0.2) is 0 Å². The highest BCUT2D eigenvalue weighted by Crippen LogP contribution is 2.37. The predicted molar refractivity (Wildman–Crippen MR) is 76.6 cm³/mol. The minimum absolute atomic E-state index is 0.192. The molecule has 0 heterocycles. The highest BCUT2D eigenvalue weighted by molar-refractivity contribution is 6.30. The third kappa shape index (κ3) is 3.28. The Balaban J connectivity index is 2.19. The molecule has 0 fully saturated rings. The summed E-state index contributed by atoms with van der Waals surface area (Å²) in [7, 11) is 0. The lowest BCUT2D eigenvalue weighted by Gasteiger charge is -2.32. The second-order valence-electron chi connectivity index (χ2n) is 5.37. The number of rotatable bonds is 5. The second kappa shape index (κ2) is 5.93. The normalized spacial score (nSPS) is 18.1. The highest BCUT2D eigenvalue weighted by Gasteiger charge is 2.29. The smallest absolute Gasteiger partial charge is 0.304 e. The van der Waals surface area contributed by atoms with Gasteiger partial charge in [0.05, 0.1) is 6.42 Å². The minimum atomic E-state index is -0.736. The summed E-state index contributed by atoms with van der Waals surface area (Å²) in [5.74, 6) is -0.736. The zero-order valence-electron chi connectivity index (χ0n) is 11.4. The number of carboxylic acid groups (broad SMARTS) is 1. The summed E-state index contributed by atoms with van der Waals surface area (Å²) in [6.07, 6.45) is 2.27. The van der Waals surface area contributed by atoms with E-state index in [1.54, 1.807) is 0 Å². The van der Waals surface area contributed by atoms with Crippen LogP contribution >= 0.6 is 11.6 Å². The molecule has 1 aromatic rings. The largest absolute Gasteiger partial charge is 0.481 e. The van der Waals surface area contributed by atoms with Crippen LogP contribution in [-0.2, 0) is 11.2 Å². The predicted octanol–water partition coefficient (Wildman–Crippen LogP) is 3.51. The molecule has 0 amide bonds. The van der Waals surface area contributed by atoms with Crippen LogP contribution in [0.2, 0.25) is 5.02 Å². The Kier molecular flexibility index (Phi) is 4.48. The maximum atomic E-state index is 10.8. The van der Waals surface area contributed by atoms with Gasteiger partial charge in [0, 0.05) is 23.7 Å². The molecule has 104 valence electrons. The van der Waals surface area contributed by atoms with Gasteiger partial charge in [-0.15, -0.1) is 0 Å². The molecule has 19 heavy (non-hydrogen) atoms. The molecule has 4 heteroatoms. The van der Waals surface area contributed by atoms with Crippen LogP contribution in [0.5, 0.6) is 0 Å². The van der Waals surface area contributed by atoms with E-state index in [2.05, 4.69) is 24.8 Å². The van der Waals surface area contributed by atoms with Crippen molar-refractivity contribution >= 4 is 17.6 Å². The van der Waals surface area contributed by atoms with Crippen molar-refractivity contribution in [2.24, 2.45) is 0 Å². The summed E-state index contributed by atoms with van der Waals surface area (Å²) < 4.78 is 0. The number of nitrogens with zero attached hydrogens (tertiary/aromatic N) is 1. The van der Waals surface area contributed by atoms with Crippen LogP contribution in [0.15, 0.2) is 18.2 Å². The zero-order valence-corrected chi connectivity index (χ0v) is 12.2. The number of benzene rings is 1. The minimum Gasteiger partial charge on any atom is -0.481 e. The average molecular weight is 282 g/mol. The van der Waals surface area contributed by atoms with Crippen LogP contribution < -0.4 is 0 Å². The van der Waals surface area contributed by atoms with Gasteiger partial charge in [-0.1, -0.05) is 17.7 Å². The third-order valence-corrected chi connectivity index (χ3v) is 4.03. The van der Waals surface area contributed by atoms with Gasteiger partial charge in [0.25, 0.3) is 0 Å². The number of carbonyl (C=O) groups is 1. The van der Waals surface area contributed by atoms with E-state index in [-0.39, 0.29) is 6.42 Å². The van der Waals surface area contributed by atoms with Crippen LogP contribution in [0, 0.1) is 0 Å². The average Bonchev–Trinajstić information content (AvgIpc) is 2.71. The Bertz CT molecular complexity index is 473. The molecule has 1 aliphatic rings. The Labute approximate surface area is 119 Å². The van der Waals surface area contributed by atoms with Gasteiger partial charge in [0.15, 0.2) is 0 Å². The van der Waals surface area contributed by atoms with E-state index in [9.17, 15) is 4.79 Å². The van der Waals surface area contributed by atoms with Gasteiger partial charge in [0.1, 0.15) is 0 Å². The summed E-state index contributed by atoms with van der Waals surface area (Å²) >= 11 is 6.02. The standard InChI is InChI=1S/C15H20ClNO2/c1-10(2)17(8-7-15(18)19)14-6-3-11-9-12(16)4-5-13(11)14/h4-5,9-10,14H,3,6-8H2,1-2H3,(H,18,19). The molecular weight excluding hydrogens is 262 g/mol. The molecule has 0 radical (unpaired) electrons. The molecule has 0 saturated heterocycles. The second-order valence-corrected chi connectivity index (χ2v) is 5.81. The van der Waals surface area contributed by atoms with Crippen molar-refractivity contribution in [1.82, 2.24) is 4.90 Å². The monoisotopic (exact) mass is 281 g/mol. The number of hydrogen-bond donors (Lipinski definition) is 1. The van der Waals surface area contributed by atoms with Gasteiger partial charge in [-0.2, -0.15) is 0 Å². The third-order valence-electron chi connectivity index (χ3n) is 3.80. The SMILES string of the molecule is CC(C)N(CCC(=O)O)C1CCc2cc(Cl)ccc21. The molecule has 1 aromatic carbocycles. The number of hydrogen-bond acceptors (Lipinski definition) is 2. The van der Waals surface area contributed by atoms with E-state index in [1.807, 2.05) is 12.1 Å². The summed E-state index contributed by atoms with van der Waals surface area (Å²) in [5.41, 5.74) is 2.61. The molecule has 0 bridgehead atoms. The van der Waals surface area contributed by atoms with E-state index >= 15 is 0 Å². The van der Waals surface area contributed by atoms with E-state index in [4.69, 9.17) is 16.7 Å². The number of aryl methyl sites for hydroxylation is 1. The molecule has 1 N–H and O–H groups in total. The first-order valence-corrected chi connectivity index (χ1v) is 7.12. The van der Waals surface area contributed by atoms with Gasteiger partial charge in [-0.05, 0) is 49.9 Å².